The summed E-state index contributed by atoms with van der Waals surface area (Å²) in [6.07, 6.45) is -0.872. The lowest BCUT2D eigenvalue weighted by Gasteiger charge is -2.24. The molecule has 0 bridgehead atoms. The molecule has 33 heavy (non-hydrogen) atoms. The highest BCUT2D eigenvalue weighted by Crippen LogP contribution is 2.45. The lowest BCUT2D eigenvalue weighted by molar-refractivity contribution is -0.149. The third-order valence-corrected chi connectivity index (χ3v) is 5.95. The molecule has 0 spiro atoms. The Kier molecular flexibility index (Phi) is 8.22. The van der Waals surface area contributed by atoms with Gasteiger partial charge in [0.15, 0.2) is 12.5 Å². The Morgan fingerprint density at radius 2 is 1.97 bits per heavy atom. The average molecular weight is 483 g/mol. The Balaban J connectivity index is 1.67. The van der Waals surface area contributed by atoms with Crippen molar-refractivity contribution in [1.82, 2.24) is 14.6 Å². The van der Waals surface area contributed by atoms with Crippen LogP contribution in [0.15, 0.2) is 52.2 Å². The van der Waals surface area contributed by atoms with E-state index in [1.54, 1.807) is 44.2 Å². The number of carbonyl (C=O) groups is 1. The fourth-order valence-corrected chi connectivity index (χ4v) is 4.30. The molecule has 13 heteroatoms. The smallest absolute Gasteiger partial charge is 0.459 e. The molecular weight excluding hydrogens is 457 g/mol. The van der Waals surface area contributed by atoms with Crippen LogP contribution in [0.1, 0.15) is 27.0 Å². The maximum Gasteiger partial charge on any atom is 0.459 e. The van der Waals surface area contributed by atoms with Crippen LogP contribution >= 0.6 is 7.75 Å². The van der Waals surface area contributed by atoms with Gasteiger partial charge in [0, 0.05) is 12.3 Å². The number of hydrogen-bond acceptors (Lipinski definition) is 9. The third-order valence-electron chi connectivity index (χ3n) is 4.30. The van der Waals surface area contributed by atoms with Gasteiger partial charge >= 0.3 is 19.4 Å². The van der Waals surface area contributed by atoms with E-state index < -0.39 is 43.5 Å². The highest BCUT2D eigenvalue weighted by molar-refractivity contribution is 7.52. The van der Waals surface area contributed by atoms with Crippen LogP contribution in [-0.2, 0) is 28.1 Å². The number of nitrogens with zero attached hydrogens (tertiary/aromatic N) is 1. The van der Waals surface area contributed by atoms with Crippen molar-refractivity contribution in [3.05, 3.63) is 63.4 Å². The lowest BCUT2D eigenvalue weighted by atomic mass is 10.3. The third kappa shape index (κ3) is 7.11. The first-order valence-electron chi connectivity index (χ1n) is 10.2. The minimum Gasteiger partial charge on any atom is -0.462 e. The lowest BCUT2D eigenvalue weighted by Crippen LogP contribution is -2.36. The number of benzene rings is 1. The first kappa shape index (κ1) is 24.9. The largest absolute Gasteiger partial charge is 0.462 e. The number of aromatic amines is 1. The number of carbonyl (C=O) groups excluding carboxylic acids is 1. The van der Waals surface area contributed by atoms with Gasteiger partial charge in [-0.15, -0.1) is 0 Å². The van der Waals surface area contributed by atoms with Gasteiger partial charge in [0.25, 0.3) is 5.56 Å². The van der Waals surface area contributed by atoms with E-state index in [9.17, 15) is 18.9 Å². The van der Waals surface area contributed by atoms with Crippen LogP contribution in [-0.4, -0.2) is 47.2 Å². The number of ether oxygens (including phenoxy) is 3. The summed E-state index contributed by atoms with van der Waals surface area (Å²) in [6, 6.07) is 8.47. The minimum absolute atomic E-state index is 0.00559. The molecule has 4 atom stereocenters. The molecule has 0 saturated carbocycles. The van der Waals surface area contributed by atoms with Crippen molar-refractivity contribution < 1.29 is 32.6 Å². The first-order valence-corrected chi connectivity index (χ1v) is 11.8. The summed E-state index contributed by atoms with van der Waals surface area (Å²) >= 11 is 0. The molecule has 2 heterocycles. The van der Waals surface area contributed by atoms with Crippen LogP contribution in [0, 0.1) is 0 Å². The molecule has 2 N–H and O–H groups in total. The van der Waals surface area contributed by atoms with Crippen molar-refractivity contribution in [2.45, 2.75) is 45.4 Å². The molecule has 0 aliphatic carbocycles. The van der Waals surface area contributed by atoms with Crippen molar-refractivity contribution >= 4 is 13.7 Å². The maximum absolute atomic E-state index is 13.4. The molecule has 0 radical (unpaired) electrons. The number of H-pyrrole nitrogens is 1. The summed E-state index contributed by atoms with van der Waals surface area (Å²) in [7, 11) is -4.08. The van der Waals surface area contributed by atoms with Crippen molar-refractivity contribution in [3.63, 3.8) is 0 Å². The van der Waals surface area contributed by atoms with E-state index in [1.165, 1.54) is 19.2 Å². The number of rotatable bonds is 10. The van der Waals surface area contributed by atoms with E-state index in [0.29, 0.717) is 0 Å². The predicted molar refractivity (Wildman–Crippen MR) is 116 cm³/mol. The number of aromatic nitrogens is 2. The van der Waals surface area contributed by atoms with Crippen LogP contribution < -0.4 is 20.9 Å². The van der Waals surface area contributed by atoms with Crippen LogP contribution in [0.4, 0.5) is 0 Å². The molecule has 12 nitrogen and oxygen atoms in total. The minimum atomic E-state index is -4.08. The molecule has 0 amide bonds. The second-order valence-electron chi connectivity index (χ2n) is 7.41. The van der Waals surface area contributed by atoms with E-state index in [4.69, 9.17) is 23.3 Å². The van der Waals surface area contributed by atoms with Gasteiger partial charge in [0.1, 0.15) is 18.4 Å². The number of hydrogen-bond donors (Lipinski definition) is 2. The molecule has 0 unspecified atom stereocenters. The molecule has 180 valence electrons. The monoisotopic (exact) mass is 483 g/mol. The van der Waals surface area contributed by atoms with E-state index >= 15 is 0 Å². The number of nitrogens with one attached hydrogen (secondary N) is 2. The fourth-order valence-electron chi connectivity index (χ4n) is 2.82. The Bertz CT molecular complexity index is 1100. The topological polar surface area (TPSA) is 147 Å². The molecule has 1 aliphatic heterocycles. The van der Waals surface area contributed by atoms with Gasteiger partial charge in [0.05, 0.1) is 12.7 Å². The van der Waals surface area contributed by atoms with E-state index in [2.05, 4.69) is 10.1 Å². The normalized spacial score (nSPS) is 20.8. The number of para-hydroxylation sites is 1. The molecular formula is C20H26N3O9P. The average Bonchev–Trinajstić information content (AvgIpc) is 3.21. The standard InChI is InChI=1S/C20H26N3O9P/c1-13(2)30-19(25)14(3)22-33(27,32-15-7-5-4-6-8-15)29-12-18-28-11-17(31-18)23-10-9-16(24)21-20(23)26/h4-10,13-14,17-18H,11-12H2,1-3H3,(H,22,27)(H,21,24,26)/t14-,17-,18-,33-/m0/s1. The van der Waals surface area contributed by atoms with Crippen LogP contribution in [0.3, 0.4) is 0 Å². The molecule has 1 saturated heterocycles. The zero-order chi connectivity index (χ0) is 24.0. The SMILES string of the molecule is CC(C)OC(=O)[C@H](C)N[P@](=O)(OC[C@H]1OC[C@@H](n2ccc(=O)[nH]c2=O)O1)Oc1ccccc1. The molecule has 1 aliphatic rings. The highest BCUT2D eigenvalue weighted by Gasteiger charge is 2.36. The Morgan fingerprint density at radius 3 is 2.64 bits per heavy atom. The first-order chi connectivity index (χ1) is 15.6. The van der Waals surface area contributed by atoms with Gasteiger partial charge in [-0.25, -0.2) is 9.36 Å². The summed E-state index contributed by atoms with van der Waals surface area (Å²) in [5.41, 5.74) is -1.19. The summed E-state index contributed by atoms with van der Waals surface area (Å²) in [6.45, 7) is 4.52. The van der Waals surface area contributed by atoms with Gasteiger partial charge in [-0.05, 0) is 32.9 Å². The Hall–Kier alpha value is -2.76. The van der Waals surface area contributed by atoms with Gasteiger partial charge in [-0.2, -0.15) is 5.09 Å². The van der Waals surface area contributed by atoms with E-state index in [0.717, 1.165) is 4.57 Å². The second kappa shape index (κ2) is 10.9. The molecule has 1 aromatic heterocycles. The maximum atomic E-state index is 13.4. The quantitative estimate of drug-likeness (QED) is 0.377. The molecule has 3 rings (SSSR count). The Labute approximate surface area is 189 Å². The van der Waals surface area contributed by atoms with Crippen LogP contribution in [0.25, 0.3) is 0 Å². The summed E-state index contributed by atoms with van der Waals surface area (Å²) < 4.78 is 41.8. The molecule has 1 aromatic carbocycles. The van der Waals surface area contributed by atoms with Crippen molar-refractivity contribution in [2.24, 2.45) is 0 Å². The van der Waals surface area contributed by atoms with Crippen LogP contribution in [0.5, 0.6) is 5.75 Å². The molecule has 2 aromatic rings. The number of esters is 1. The molecule has 1 fully saturated rings. The predicted octanol–water partition coefficient (Wildman–Crippen LogP) is 1.54. The van der Waals surface area contributed by atoms with E-state index in [-0.39, 0.29) is 25.1 Å². The van der Waals surface area contributed by atoms with Crippen molar-refractivity contribution in [2.75, 3.05) is 13.2 Å². The highest BCUT2D eigenvalue weighted by atomic mass is 31.2. The summed E-state index contributed by atoms with van der Waals surface area (Å²) in [4.78, 5) is 37.5. The van der Waals surface area contributed by atoms with E-state index in [1.807, 2.05) is 0 Å². The van der Waals surface area contributed by atoms with Crippen molar-refractivity contribution in [3.8, 4) is 5.75 Å². The summed E-state index contributed by atoms with van der Waals surface area (Å²) in [5.74, 6) is -0.375. The van der Waals surface area contributed by atoms with Crippen LogP contribution in [0.2, 0.25) is 0 Å². The van der Waals surface area contributed by atoms with Gasteiger partial charge < -0.3 is 18.7 Å². The van der Waals surface area contributed by atoms with Gasteiger partial charge in [0.2, 0.25) is 0 Å². The van der Waals surface area contributed by atoms with Crippen molar-refractivity contribution in [1.29, 1.82) is 0 Å². The zero-order valence-corrected chi connectivity index (χ0v) is 19.2. The Morgan fingerprint density at radius 1 is 1.24 bits per heavy atom. The van der Waals surface area contributed by atoms with Gasteiger partial charge in [-0.3, -0.25) is 23.7 Å². The fraction of sp³-hybridized carbons (Fsp3) is 0.450. The summed E-state index contributed by atoms with van der Waals surface area (Å²) in [5, 5.41) is 2.56. The zero-order valence-electron chi connectivity index (χ0n) is 18.3. The van der Waals surface area contributed by atoms with Gasteiger partial charge in [-0.1, -0.05) is 18.2 Å². The second-order valence-corrected chi connectivity index (χ2v) is 9.10.